The Hall–Kier alpha value is -3.52. The van der Waals surface area contributed by atoms with Crippen LogP contribution in [0.3, 0.4) is 0 Å². The van der Waals surface area contributed by atoms with E-state index in [9.17, 15) is 19.1 Å². The molecule has 0 aliphatic carbocycles. The first-order chi connectivity index (χ1) is 17.2. The number of rotatable bonds is 5. The predicted octanol–water partition coefficient (Wildman–Crippen LogP) is 7.32. The highest BCUT2D eigenvalue weighted by Gasteiger charge is 2.45. The highest BCUT2D eigenvalue weighted by molar-refractivity contribution is 6.42. The lowest BCUT2D eigenvalue weighted by molar-refractivity contribution is -0.117. The molecule has 0 fully saturated rings. The number of benzene rings is 3. The van der Waals surface area contributed by atoms with Crippen LogP contribution < -0.4 is 9.64 Å². The third kappa shape index (κ3) is 3.99. The van der Waals surface area contributed by atoms with Gasteiger partial charge in [-0.2, -0.15) is 0 Å². The van der Waals surface area contributed by atoms with E-state index < -0.39 is 29.3 Å². The number of carbonyl (C=O) groups excluding carboxylic acids is 2. The molecule has 0 bridgehead atoms. The number of nitrogens with zero attached hydrogens (tertiary/aromatic N) is 1. The fraction of sp³-hybridized carbons (Fsp3) is 0.0769. The van der Waals surface area contributed by atoms with Gasteiger partial charge in [0.15, 0.2) is 22.9 Å². The average molecular weight is 547 g/mol. The molecule has 2 heterocycles. The molecular formula is C26H15Cl3FNO5. The number of ether oxygens (including phenoxy) is 1. The van der Waals surface area contributed by atoms with Gasteiger partial charge >= 0.3 is 0 Å². The predicted molar refractivity (Wildman–Crippen MR) is 135 cm³/mol. The molecule has 182 valence electrons. The number of aliphatic hydroxyl groups is 1. The molecule has 1 atom stereocenters. The Morgan fingerprint density at radius 2 is 1.75 bits per heavy atom. The molecule has 0 saturated heterocycles. The minimum absolute atomic E-state index is 0.150. The van der Waals surface area contributed by atoms with Crippen molar-refractivity contribution in [2.45, 2.75) is 6.04 Å². The van der Waals surface area contributed by atoms with Crippen LogP contribution in [0.15, 0.2) is 76.4 Å². The van der Waals surface area contributed by atoms with Crippen molar-refractivity contribution in [1.82, 2.24) is 0 Å². The van der Waals surface area contributed by atoms with Crippen molar-refractivity contribution in [3.05, 3.63) is 104 Å². The first kappa shape index (κ1) is 24.2. The number of hydrogen-bond donors (Lipinski definition) is 1. The summed E-state index contributed by atoms with van der Waals surface area (Å²) in [5.41, 5.74) is 0.673. The Morgan fingerprint density at radius 1 is 1.03 bits per heavy atom. The minimum Gasteiger partial charge on any atom is -0.503 e. The van der Waals surface area contributed by atoms with Crippen molar-refractivity contribution >= 4 is 63.1 Å². The Balaban J connectivity index is 1.67. The van der Waals surface area contributed by atoms with Crippen LogP contribution in [0, 0.1) is 5.82 Å². The van der Waals surface area contributed by atoms with E-state index in [1.165, 1.54) is 66.6 Å². The number of Topliss-reactive ketones (excluding diaryl/α,β-unsaturated/α-hetero) is 1. The van der Waals surface area contributed by atoms with Gasteiger partial charge < -0.3 is 14.3 Å². The molecule has 1 aromatic heterocycles. The smallest absolute Gasteiger partial charge is 0.294 e. The molecular weight excluding hydrogens is 532 g/mol. The number of ketones is 1. The van der Waals surface area contributed by atoms with Crippen molar-refractivity contribution < 1.29 is 28.2 Å². The summed E-state index contributed by atoms with van der Waals surface area (Å²) >= 11 is 18.3. The second kappa shape index (κ2) is 9.17. The number of fused-ring (bicyclic) bond motifs is 1. The van der Waals surface area contributed by atoms with Crippen LogP contribution in [0.25, 0.3) is 11.0 Å². The summed E-state index contributed by atoms with van der Waals surface area (Å²) in [5, 5.41) is 12.2. The van der Waals surface area contributed by atoms with Crippen molar-refractivity contribution in [2.24, 2.45) is 0 Å². The molecule has 1 aliphatic heterocycles. The number of halogens is 4. The highest BCUT2D eigenvalue weighted by Crippen LogP contribution is 2.44. The molecule has 4 aromatic rings. The summed E-state index contributed by atoms with van der Waals surface area (Å²) in [6.45, 7) is 0. The largest absolute Gasteiger partial charge is 0.503 e. The van der Waals surface area contributed by atoms with Crippen LogP contribution in [0.5, 0.6) is 5.75 Å². The van der Waals surface area contributed by atoms with Gasteiger partial charge in [0.2, 0.25) is 5.78 Å². The van der Waals surface area contributed by atoms with Crippen molar-refractivity contribution in [2.75, 3.05) is 12.0 Å². The molecule has 1 unspecified atom stereocenters. The number of aliphatic hydroxyl groups excluding tert-OH is 1. The number of anilines is 1. The second-order valence-corrected chi connectivity index (χ2v) is 9.21. The minimum atomic E-state index is -1.11. The zero-order chi connectivity index (χ0) is 25.7. The van der Waals surface area contributed by atoms with Gasteiger partial charge in [0, 0.05) is 22.2 Å². The van der Waals surface area contributed by atoms with Crippen LogP contribution >= 0.6 is 34.8 Å². The molecule has 1 amide bonds. The van der Waals surface area contributed by atoms with E-state index in [1.807, 2.05) is 0 Å². The molecule has 0 saturated carbocycles. The maximum Gasteiger partial charge on any atom is 0.294 e. The second-order valence-electron chi connectivity index (χ2n) is 7.96. The topological polar surface area (TPSA) is 80.0 Å². The van der Waals surface area contributed by atoms with Crippen molar-refractivity contribution in [3.8, 4) is 5.75 Å². The fourth-order valence-electron chi connectivity index (χ4n) is 4.18. The van der Waals surface area contributed by atoms with Crippen molar-refractivity contribution in [1.29, 1.82) is 0 Å². The SMILES string of the molecule is COc1cc(Cl)cc2cc(C(=O)C3=C(O)C(=O)N(c4ccc(Cl)c(Cl)c4)C3c3ccc(F)cc3)oc12. The number of furan rings is 1. The molecule has 3 aromatic carbocycles. The lowest BCUT2D eigenvalue weighted by Crippen LogP contribution is -2.31. The van der Waals surface area contributed by atoms with E-state index >= 15 is 0 Å². The third-order valence-corrected chi connectivity index (χ3v) is 6.77. The molecule has 36 heavy (non-hydrogen) atoms. The molecule has 10 heteroatoms. The van der Waals surface area contributed by atoms with E-state index in [4.69, 9.17) is 44.0 Å². The average Bonchev–Trinajstić information content (AvgIpc) is 3.39. The lowest BCUT2D eigenvalue weighted by Gasteiger charge is -2.27. The first-order valence-electron chi connectivity index (χ1n) is 10.5. The van der Waals surface area contributed by atoms with Gasteiger partial charge in [0.05, 0.1) is 28.8 Å². The Morgan fingerprint density at radius 3 is 2.42 bits per heavy atom. The van der Waals surface area contributed by atoms with E-state index in [1.54, 1.807) is 6.07 Å². The van der Waals surface area contributed by atoms with Crippen LogP contribution in [0.2, 0.25) is 15.1 Å². The summed E-state index contributed by atoms with van der Waals surface area (Å²) < 4.78 is 24.8. The summed E-state index contributed by atoms with van der Waals surface area (Å²) in [6, 6.07) is 13.1. The van der Waals surface area contributed by atoms with Gasteiger partial charge in [-0.1, -0.05) is 46.9 Å². The summed E-state index contributed by atoms with van der Waals surface area (Å²) in [5.74, 6) is -2.71. The first-order valence-corrected chi connectivity index (χ1v) is 11.6. The highest BCUT2D eigenvalue weighted by atomic mass is 35.5. The maximum absolute atomic E-state index is 13.7. The molecule has 0 radical (unpaired) electrons. The number of amides is 1. The number of carbonyl (C=O) groups is 2. The molecule has 1 N–H and O–H groups in total. The normalized spacial score (nSPS) is 15.8. The summed E-state index contributed by atoms with van der Waals surface area (Å²) in [4.78, 5) is 28.2. The Kier molecular flexibility index (Phi) is 6.16. The van der Waals surface area contributed by atoms with Crippen LogP contribution in [0.4, 0.5) is 10.1 Å². The van der Waals surface area contributed by atoms with Crippen molar-refractivity contribution in [3.63, 3.8) is 0 Å². The zero-order valence-electron chi connectivity index (χ0n) is 18.4. The number of hydrogen-bond acceptors (Lipinski definition) is 5. The lowest BCUT2D eigenvalue weighted by atomic mass is 9.94. The van der Waals surface area contributed by atoms with Gasteiger partial charge in [-0.3, -0.25) is 14.5 Å². The quantitative estimate of drug-likeness (QED) is 0.265. The van der Waals surface area contributed by atoms with Gasteiger partial charge in [-0.25, -0.2) is 4.39 Å². The maximum atomic E-state index is 13.7. The van der Waals surface area contributed by atoms with Gasteiger partial charge in [0.25, 0.3) is 5.91 Å². The Bertz CT molecular complexity index is 1580. The fourth-order valence-corrected chi connectivity index (χ4v) is 4.69. The van der Waals surface area contributed by atoms with E-state index in [2.05, 4.69) is 0 Å². The molecule has 0 spiro atoms. The van der Waals surface area contributed by atoms with Gasteiger partial charge in [-0.15, -0.1) is 0 Å². The van der Waals surface area contributed by atoms with E-state index in [0.717, 1.165) is 0 Å². The van der Waals surface area contributed by atoms with Crippen LogP contribution in [-0.2, 0) is 4.79 Å². The summed E-state index contributed by atoms with van der Waals surface area (Å²) in [6.07, 6.45) is 0. The molecule has 5 rings (SSSR count). The van der Waals surface area contributed by atoms with Gasteiger partial charge in [0.1, 0.15) is 5.82 Å². The zero-order valence-corrected chi connectivity index (χ0v) is 20.7. The number of methoxy groups -OCH3 is 1. The van der Waals surface area contributed by atoms with Crippen LogP contribution in [0.1, 0.15) is 22.2 Å². The van der Waals surface area contributed by atoms with Gasteiger partial charge in [-0.05, 0) is 48.0 Å². The van der Waals surface area contributed by atoms with E-state index in [-0.39, 0.29) is 32.6 Å². The third-order valence-electron chi connectivity index (χ3n) is 5.81. The van der Waals surface area contributed by atoms with E-state index in [0.29, 0.717) is 21.7 Å². The molecule has 6 nitrogen and oxygen atoms in total. The molecule has 1 aliphatic rings. The monoisotopic (exact) mass is 545 g/mol. The Labute approximate surface area is 219 Å². The standard InChI is InChI=1S/C26H15Cl3FNO5/c1-35-20-10-14(27)8-13-9-19(36-25(13)20)23(32)21-22(12-2-4-15(30)5-3-12)31(26(34)24(21)33)16-6-7-17(28)18(29)11-16/h2-11,22,33H,1H3. The summed E-state index contributed by atoms with van der Waals surface area (Å²) in [7, 11) is 1.43. The van der Waals surface area contributed by atoms with Crippen LogP contribution in [-0.4, -0.2) is 23.9 Å².